The lowest BCUT2D eigenvalue weighted by atomic mass is 10.0. The van der Waals surface area contributed by atoms with Crippen molar-refractivity contribution in [3.63, 3.8) is 0 Å². The quantitative estimate of drug-likeness (QED) is 0.715. The maximum Gasteiger partial charge on any atom is 0.417 e. The van der Waals surface area contributed by atoms with Gasteiger partial charge in [0.25, 0.3) is 0 Å². The molecule has 1 aromatic heterocycles. The molecule has 0 aromatic carbocycles. The van der Waals surface area contributed by atoms with Crippen LogP contribution < -0.4 is 0 Å². The molecule has 0 saturated carbocycles. The first-order valence-electron chi connectivity index (χ1n) is 4.48. The van der Waals surface area contributed by atoms with Crippen molar-refractivity contribution in [3.8, 4) is 0 Å². The van der Waals surface area contributed by atoms with E-state index in [4.69, 9.17) is 0 Å². The minimum Gasteiger partial charge on any atom is -0.260 e. The van der Waals surface area contributed by atoms with E-state index < -0.39 is 11.7 Å². The molecule has 0 N–H and O–H groups in total. The third-order valence-corrected chi connectivity index (χ3v) is 2.23. The van der Waals surface area contributed by atoms with Crippen LogP contribution in [-0.4, -0.2) is 4.98 Å². The monoisotopic (exact) mass is 203 g/mol. The van der Waals surface area contributed by atoms with Gasteiger partial charge in [0.05, 0.1) is 5.56 Å². The van der Waals surface area contributed by atoms with Crippen LogP contribution in [0.15, 0.2) is 18.3 Å². The van der Waals surface area contributed by atoms with Gasteiger partial charge in [0, 0.05) is 11.9 Å². The van der Waals surface area contributed by atoms with E-state index in [1.807, 2.05) is 13.8 Å². The first kappa shape index (κ1) is 11.0. The van der Waals surface area contributed by atoms with E-state index in [0.717, 1.165) is 18.7 Å². The van der Waals surface area contributed by atoms with E-state index >= 15 is 0 Å². The number of hydrogen-bond acceptors (Lipinski definition) is 1. The van der Waals surface area contributed by atoms with Crippen LogP contribution in [0.5, 0.6) is 0 Å². The Morgan fingerprint density at radius 1 is 1.36 bits per heavy atom. The summed E-state index contributed by atoms with van der Waals surface area (Å²) >= 11 is 0. The Labute approximate surface area is 81.0 Å². The van der Waals surface area contributed by atoms with Gasteiger partial charge in [-0.1, -0.05) is 13.8 Å². The van der Waals surface area contributed by atoms with Crippen molar-refractivity contribution >= 4 is 0 Å². The number of pyridine rings is 1. The molecule has 0 aliphatic heterocycles. The van der Waals surface area contributed by atoms with Crippen LogP contribution in [0.25, 0.3) is 0 Å². The lowest BCUT2D eigenvalue weighted by molar-refractivity contribution is -0.137. The Hall–Kier alpha value is -1.06. The minimum absolute atomic E-state index is 0.206. The lowest BCUT2D eigenvalue weighted by Gasteiger charge is -2.10. The van der Waals surface area contributed by atoms with Crippen LogP contribution in [0.2, 0.25) is 0 Å². The van der Waals surface area contributed by atoms with Crippen molar-refractivity contribution in [2.24, 2.45) is 0 Å². The molecular weight excluding hydrogens is 191 g/mol. The van der Waals surface area contributed by atoms with Crippen molar-refractivity contribution < 1.29 is 13.2 Å². The Morgan fingerprint density at radius 2 is 2.00 bits per heavy atom. The fraction of sp³-hybridized carbons (Fsp3) is 0.500. The van der Waals surface area contributed by atoms with Gasteiger partial charge in [-0.05, 0) is 24.5 Å². The molecule has 0 fully saturated rings. The van der Waals surface area contributed by atoms with Gasteiger partial charge in [-0.2, -0.15) is 13.2 Å². The molecule has 0 bridgehead atoms. The van der Waals surface area contributed by atoms with E-state index in [1.54, 1.807) is 0 Å². The summed E-state index contributed by atoms with van der Waals surface area (Å²) < 4.78 is 36.5. The van der Waals surface area contributed by atoms with E-state index in [2.05, 4.69) is 4.98 Å². The van der Waals surface area contributed by atoms with Gasteiger partial charge >= 0.3 is 6.18 Å². The van der Waals surface area contributed by atoms with E-state index in [1.165, 1.54) is 6.07 Å². The second kappa shape index (κ2) is 3.98. The van der Waals surface area contributed by atoms with Gasteiger partial charge in [0.2, 0.25) is 0 Å². The van der Waals surface area contributed by atoms with Crippen LogP contribution in [0.3, 0.4) is 0 Å². The molecule has 0 saturated heterocycles. The summed E-state index contributed by atoms with van der Waals surface area (Å²) in [5.41, 5.74) is 0.0186. The number of alkyl halides is 3. The van der Waals surface area contributed by atoms with E-state index in [0.29, 0.717) is 5.69 Å². The molecule has 78 valence electrons. The van der Waals surface area contributed by atoms with Crippen LogP contribution in [-0.2, 0) is 6.18 Å². The van der Waals surface area contributed by atoms with Crippen LogP contribution in [0.1, 0.15) is 37.4 Å². The summed E-state index contributed by atoms with van der Waals surface area (Å²) in [5.74, 6) is 0.206. The number of rotatable bonds is 2. The first-order valence-corrected chi connectivity index (χ1v) is 4.48. The molecule has 1 aromatic rings. The SMILES string of the molecule is CC[C@H](C)c1ccc(C(F)(F)F)cn1. The summed E-state index contributed by atoms with van der Waals surface area (Å²) in [6.07, 6.45) is -2.53. The van der Waals surface area contributed by atoms with Crippen molar-refractivity contribution in [1.82, 2.24) is 4.98 Å². The summed E-state index contributed by atoms with van der Waals surface area (Å²) in [5, 5.41) is 0. The van der Waals surface area contributed by atoms with Crippen LogP contribution in [0, 0.1) is 0 Å². The Balaban J connectivity index is 2.89. The third-order valence-electron chi connectivity index (χ3n) is 2.23. The highest BCUT2D eigenvalue weighted by Crippen LogP contribution is 2.29. The number of halogens is 3. The predicted molar refractivity (Wildman–Crippen MR) is 47.9 cm³/mol. The number of hydrogen-bond donors (Lipinski definition) is 0. The summed E-state index contributed by atoms with van der Waals surface area (Å²) in [6, 6.07) is 2.52. The highest BCUT2D eigenvalue weighted by molar-refractivity contribution is 5.18. The number of nitrogens with zero attached hydrogens (tertiary/aromatic N) is 1. The topological polar surface area (TPSA) is 12.9 Å². The molecule has 0 spiro atoms. The smallest absolute Gasteiger partial charge is 0.260 e. The van der Waals surface area contributed by atoms with Crippen LogP contribution >= 0.6 is 0 Å². The Kier molecular flexibility index (Phi) is 3.13. The zero-order valence-corrected chi connectivity index (χ0v) is 8.10. The zero-order chi connectivity index (χ0) is 10.8. The van der Waals surface area contributed by atoms with Gasteiger partial charge < -0.3 is 0 Å². The molecule has 14 heavy (non-hydrogen) atoms. The molecule has 0 amide bonds. The average molecular weight is 203 g/mol. The molecule has 0 unspecified atom stereocenters. The average Bonchev–Trinajstić information content (AvgIpc) is 2.15. The standard InChI is InChI=1S/C10H12F3N/c1-3-7(2)9-5-4-8(6-14-9)10(11,12)13/h4-7H,3H2,1-2H3/t7-/m0/s1. The molecule has 0 aliphatic carbocycles. The van der Waals surface area contributed by atoms with Gasteiger partial charge in [-0.25, -0.2) is 0 Å². The normalized spacial score (nSPS) is 14.1. The predicted octanol–water partition coefficient (Wildman–Crippen LogP) is 3.61. The highest BCUT2D eigenvalue weighted by atomic mass is 19.4. The van der Waals surface area contributed by atoms with Gasteiger partial charge in [0.15, 0.2) is 0 Å². The summed E-state index contributed by atoms with van der Waals surface area (Å²) in [7, 11) is 0. The first-order chi connectivity index (χ1) is 6.45. The highest BCUT2D eigenvalue weighted by Gasteiger charge is 2.30. The van der Waals surface area contributed by atoms with E-state index in [-0.39, 0.29) is 5.92 Å². The molecule has 0 aliphatic rings. The fourth-order valence-corrected chi connectivity index (χ4v) is 1.07. The molecule has 0 radical (unpaired) electrons. The molecule has 1 nitrogen and oxygen atoms in total. The number of aromatic nitrogens is 1. The minimum atomic E-state index is -4.29. The molecule has 1 atom stereocenters. The largest absolute Gasteiger partial charge is 0.417 e. The van der Waals surface area contributed by atoms with Crippen molar-refractivity contribution in [2.45, 2.75) is 32.4 Å². The summed E-state index contributed by atoms with van der Waals surface area (Å²) in [6.45, 7) is 3.92. The molecule has 1 rings (SSSR count). The molecule has 4 heteroatoms. The lowest BCUT2D eigenvalue weighted by Crippen LogP contribution is -2.06. The zero-order valence-electron chi connectivity index (χ0n) is 8.10. The van der Waals surface area contributed by atoms with Gasteiger partial charge in [-0.3, -0.25) is 4.98 Å². The second-order valence-corrected chi connectivity index (χ2v) is 3.28. The van der Waals surface area contributed by atoms with Gasteiger partial charge in [-0.15, -0.1) is 0 Å². The Morgan fingerprint density at radius 3 is 2.36 bits per heavy atom. The van der Waals surface area contributed by atoms with Crippen molar-refractivity contribution in [1.29, 1.82) is 0 Å². The maximum absolute atomic E-state index is 12.2. The molecule has 1 heterocycles. The van der Waals surface area contributed by atoms with E-state index in [9.17, 15) is 13.2 Å². The van der Waals surface area contributed by atoms with Crippen LogP contribution in [0.4, 0.5) is 13.2 Å². The molecular formula is C10H12F3N. The second-order valence-electron chi connectivity index (χ2n) is 3.28. The maximum atomic E-state index is 12.2. The van der Waals surface area contributed by atoms with Crippen molar-refractivity contribution in [3.05, 3.63) is 29.6 Å². The Bertz CT molecular complexity index is 289. The fourth-order valence-electron chi connectivity index (χ4n) is 1.07. The van der Waals surface area contributed by atoms with Crippen molar-refractivity contribution in [2.75, 3.05) is 0 Å². The third kappa shape index (κ3) is 2.47. The van der Waals surface area contributed by atoms with Gasteiger partial charge in [0.1, 0.15) is 0 Å². The summed E-state index contributed by atoms with van der Waals surface area (Å²) in [4.78, 5) is 3.80.